The summed E-state index contributed by atoms with van der Waals surface area (Å²) in [5.41, 5.74) is 0.361. The third-order valence-corrected chi connectivity index (χ3v) is 6.33. The van der Waals surface area contributed by atoms with Gasteiger partial charge in [0.1, 0.15) is 0 Å². The lowest BCUT2D eigenvalue weighted by atomic mass is 9.94. The van der Waals surface area contributed by atoms with Crippen LogP contribution in [-0.2, 0) is 0 Å². The van der Waals surface area contributed by atoms with Crippen molar-refractivity contribution in [3.8, 4) is 0 Å². The van der Waals surface area contributed by atoms with Gasteiger partial charge in [-0.3, -0.25) is 9.89 Å². The van der Waals surface area contributed by atoms with Crippen molar-refractivity contribution in [3.05, 3.63) is 0 Å². The van der Waals surface area contributed by atoms with Crippen LogP contribution in [0.1, 0.15) is 46.5 Å². The summed E-state index contributed by atoms with van der Waals surface area (Å²) in [6, 6.07) is 0.442. The number of guanidine groups is 1. The molecule has 0 amide bonds. The minimum absolute atomic E-state index is 0. The Hall–Kier alpha value is 0.310. The smallest absolute Gasteiger partial charge is 0.191 e. The van der Waals surface area contributed by atoms with Gasteiger partial charge in [-0.1, -0.05) is 26.7 Å². The first-order valence-electron chi connectivity index (χ1n) is 8.87. The highest BCUT2D eigenvalue weighted by atomic mass is 127. The van der Waals surface area contributed by atoms with Gasteiger partial charge in [-0.15, -0.1) is 24.0 Å². The van der Waals surface area contributed by atoms with E-state index in [4.69, 9.17) is 0 Å². The number of hydrogen-bond acceptors (Lipinski definition) is 3. The second kappa shape index (κ2) is 10.3. The molecule has 23 heavy (non-hydrogen) atoms. The maximum atomic E-state index is 4.42. The maximum Gasteiger partial charge on any atom is 0.191 e. The quantitative estimate of drug-likeness (QED) is 0.380. The third kappa shape index (κ3) is 5.96. The normalized spacial score (nSPS) is 23.4. The third-order valence-electron chi connectivity index (χ3n) is 5.39. The minimum Gasteiger partial charge on any atom is -0.355 e. The molecule has 0 bridgehead atoms. The van der Waals surface area contributed by atoms with Crippen molar-refractivity contribution >= 4 is 41.7 Å². The molecule has 2 fully saturated rings. The van der Waals surface area contributed by atoms with E-state index in [-0.39, 0.29) is 24.0 Å². The van der Waals surface area contributed by atoms with Crippen molar-refractivity contribution in [1.82, 2.24) is 15.5 Å². The lowest BCUT2D eigenvalue weighted by Crippen LogP contribution is -2.58. The van der Waals surface area contributed by atoms with E-state index in [9.17, 15) is 0 Å². The van der Waals surface area contributed by atoms with Crippen LogP contribution < -0.4 is 10.6 Å². The highest BCUT2D eigenvalue weighted by Gasteiger charge is 2.40. The number of aliphatic imine (C=N–C) groups is 1. The van der Waals surface area contributed by atoms with Gasteiger partial charge in [0.2, 0.25) is 0 Å². The standard InChI is InChI=1S/C17H34N4S.HI/c1-14(2)15(3)20-16(18-4)19-13-17(7-5-6-8-17)21-9-11-22-12-10-21;/h14-15H,5-13H2,1-4H3,(H2,18,19,20);1H. The summed E-state index contributed by atoms with van der Waals surface area (Å²) < 4.78 is 0. The van der Waals surface area contributed by atoms with Gasteiger partial charge in [-0.05, 0) is 25.7 Å². The number of halogens is 1. The van der Waals surface area contributed by atoms with Crippen molar-refractivity contribution in [1.29, 1.82) is 0 Å². The minimum atomic E-state index is 0. The molecule has 2 rings (SSSR count). The molecule has 0 spiro atoms. The summed E-state index contributed by atoms with van der Waals surface area (Å²) in [4.78, 5) is 7.17. The molecule has 1 atom stereocenters. The first-order valence-corrected chi connectivity index (χ1v) is 10.0. The lowest BCUT2D eigenvalue weighted by Gasteiger charge is -2.44. The van der Waals surface area contributed by atoms with Crippen LogP contribution >= 0.6 is 35.7 Å². The molecule has 0 aromatic carbocycles. The van der Waals surface area contributed by atoms with Gasteiger partial charge in [0.05, 0.1) is 0 Å². The van der Waals surface area contributed by atoms with Gasteiger partial charge in [0.25, 0.3) is 0 Å². The van der Waals surface area contributed by atoms with Crippen LogP contribution in [0.4, 0.5) is 0 Å². The molecule has 4 nitrogen and oxygen atoms in total. The first-order chi connectivity index (χ1) is 10.6. The van der Waals surface area contributed by atoms with Crippen molar-refractivity contribution in [3.63, 3.8) is 0 Å². The average Bonchev–Trinajstić information content (AvgIpc) is 3.02. The Bertz CT molecular complexity index is 364. The highest BCUT2D eigenvalue weighted by molar-refractivity contribution is 14.0. The Balaban J connectivity index is 0.00000264. The second-order valence-corrected chi connectivity index (χ2v) is 8.36. The fourth-order valence-corrected chi connectivity index (χ4v) is 4.40. The Morgan fingerprint density at radius 3 is 2.30 bits per heavy atom. The molecule has 136 valence electrons. The van der Waals surface area contributed by atoms with Crippen molar-refractivity contribution < 1.29 is 0 Å². The molecule has 1 aliphatic heterocycles. The molecule has 1 unspecified atom stereocenters. The molecule has 1 aliphatic carbocycles. The number of nitrogens with one attached hydrogen (secondary N) is 2. The predicted molar refractivity (Wildman–Crippen MR) is 114 cm³/mol. The zero-order chi connectivity index (χ0) is 16.0. The van der Waals surface area contributed by atoms with Gasteiger partial charge < -0.3 is 10.6 Å². The van der Waals surface area contributed by atoms with Gasteiger partial charge >= 0.3 is 0 Å². The number of hydrogen-bond donors (Lipinski definition) is 2. The fourth-order valence-electron chi connectivity index (χ4n) is 3.50. The van der Waals surface area contributed by atoms with Crippen molar-refractivity contribution in [2.75, 3.05) is 38.2 Å². The lowest BCUT2D eigenvalue weighted by molar-refractivity contribution is 0.107. The summed E-state index contributed by atoms with van der Waals surface area (Å²) in [5, 5.41) is 7.15. The van der Waals surface area contributed by atoms with E-state index in [2.05, 4.69) is 53.1 Å². The molecule has 6 heteroatoms. The molecule has 2 aliphatic rings. The molecule has 0 aromatic heterocycles. The summed E-state index contributed by atoms with van der Waals surface area (Å²) in [6.07, 6.45) is 5.42. The number of thioether (sulfide) groups is 1. The highest BCUT2D eigenvalue weighted by Crippen LogP contribution is 2.36. The molecule has 0 aromatic rings. The second-order valence-electron chi connectivity index (χ2n) is 7.13. The van der Waals surface area contributed by atoms with E-state index in [0.29, 0.717) is 17.5 Å². The van der Waals surface area contributed by atoms with Crippen LogP contribution in [0.15, 0.2) is 4.99 Å². The molecule has 1 heterocycles. The Labute approximate surface area is 164 Å². The fraction of sp³-hybridized carbons (Fsp3) is 0.941. The average molecular weight is 454 g/mol. The van der Waals surface area contributed by atoms with E-state index in [0.717, 1.165) is 12.5 Å². The molecular formula is C17H35IN4S. The zero-order valence-corrected chi connectivity index (χ0v) is 18.4. The van der Waals surface area contributed by atoms with Gasteiger partial charge in [0, 0.05) is 49.8 Å². The molecule has 1 saturated heterocycles. The van der Waals surface area contributed by atoms with E-state index < -0.39 is 0 Å². The van der Waals surface area contributed by atoms with Gasteiger partial charge in [0.15, 0.2) is 5.96 Å². The number of rotatable bonds is 5. The summed E-state index contributed by atoms with van der Waals surface area (Å²) in [6.45, 7) is 10.2. The largest absolute Gasteiger partial charge is 0.355 e. The van der Waals surface area contributed by atoms with Crippen LogP contribution in [0.3, 0.4) is 0 Å². The summed E-state index contributed by atoms with van der Waals surface area (Å²) >= 11 is 2.10. The Kier molecular flexibility index (Phi) is 9.59. The SMILES string of the molecule is CN=C(NCC1(N2CCSCC2)CCCC1)NC(C)C(C)C.I. The topological polar surface area (TPSA) is 39.7 Å². The molecule has 2 N–H and O–H groups in total. The van der Waals surface area contributed by atoms with Crippen LogP contribution in [0, 0.1) is 5.92 Å². The van der Waals surface area contributed by atoms with E-state index >= 15 is 0 Å². The van der Waals surface area contributed by atoms with Crippen LogP contribution in [0.2, 0.25) is 0 Å². The Morgan fingerprint density at radius 1 is 1.17 bits per heavy atom. The Morgan fingerprint density at radius 2 is 1.78 bits per heavy atom. The van der Waals surface area contributed by atoms with E-state index in [1.54, 1.807) is 0 Å². The summed E-state index contributed by atoms with van der Waals surface area (Å²) in [5.74, 6) is 4.15. The maximum absolute atomic E-state index is 4.42. The molecular weight excluding hydrogens is 419 g/mol. The van der Waals surface area contributed by atoms with Gasteiger partial charge in [-0.25, -0.2) is 0 Å². The monoisotopic (exact) mass is 454 g/mol. The molecule has 0 radical (unpaired) electrons. The number of nitrogens with zero attached hydrogens (tertiary/aromatic N) is 2. The van der Waals surface area contributed by atoms with Crippen molar-refractivity contribution in [2.24, 2.45) is 10.9 Å². The van der Waals surface area contributed by atoms with Crippen molar-refractivity contribution in [2.45, 2.75) is 58.0 Å². The van der Waals surface area contributed by atoms with Crippen LogP contribution in [0.5, 0.6) is 0 Å². The molecule has 1 saturated carbocycles. The first kappa shape index (κ1) is 21.4. The van der Waals surface area contributed by atoms with Crippen LogP contribution in [-0.4, -0.2) is 60.6 Å². The summed E-state index contributed by atoms with van der Waals surface area (Å²) in [7, 11) is 1.88. The van der Waals surface area contributed by atoms with E-state index in [1.807, 2.05) is 7.05 Å². The predicted octanol–water partition coefficient (Wildman–Crippen LogP) is 3.18. The zero-order valence-electron chi connectivity index (χ0n) is 15.2. The van der Waals surface area contributed by atoms with Gasteiger partial charge in [-0.2, -0.15) is 11.8 Å². The van der Waals surface area contributed by atoms with Crippen LogP contribution in [0.25, 0.3) is 0 Å². The van der Waals surface area contributed by atoms with E-state index in [1.165, 1.54) is 50.3 Å².